The third-order valence-electron chi connectivity index (χ3n) is 3.51. The van der Waals surface area contributed by atoms with Gasteiger partial charge in [0, 0.05) is 0 Å². The number of piperidine rings is 1. The number of likely N-dealkylation sites (tertiary alicyclic amines) is 1. The van der Waals surface area contributed by atoms with E-state index in [-0.39, 0.29) is 6.04 Å². The van der Waals surface area contributed by atoms with Crippen molar-refractivity contribution in [3.05, 3.63) is 29.8 Å². The molecule has 4 heteroatoms. The summed E-state index contributed by atoms with van der Waals surface area (Å²) in [5.74, 6) is 0.887. The van der Waals surface area contributed by atoms with Crippen LogP contribution in [0.3, 0.4) is 0 Å². The lowest BCUT2D eigenvalue weighted by molar-refractivity contribution is 0.203. The lowest BCUT2D eigenvalue weighted by Gasteiger charge is -2.34. The van der Waals surface area contributed by atoms with Gasteiger partial charge in [0.15, 0.2) is 0 Å². The summed E-state index contributed by atoms with van der Waals surface area (Å²) in [6.07, 6.45) is 3.76. The molecule has 0 amide bonds. The van der Waals surface area contributed by atoms with Crippen LogP contribution >= 0.6 is 12.2 Å². The second-order valence-corrected chi connectivity index (χ2v) is 5.38. The number of nitrogens with zero attached hydrogens (tertiary/aromatic N) is 1. The van der Waals surface area contributed by atoms with Crippen LogP contribution in [0.15, 0.2) is 24.3 Å². The number of benzene rings is 1. The summed E-state index contributed by atoms with van der Waals surface area (Å²) in [5.41, 5.74) is 7.11. The number of hydrogen-bond donors (Lipinski definition) is 1. The Bertz CT molecular complexity index is 430. The fourth-order valence-corrected chi connectivity index (χ4v) is 2.96. The molecule has 0 aromatic heterocycles. The Morgan fingerprint density at radius 3 is 2.74 bits per heavy atom. The first-order valence-corrected chi connectivity index (χ1v) is 7.39. The van der Waals surface area contributed by atoms with Crippen molar-refractivity contribution in [2.45, 2.75) is 32.2 Å². The first-order chi connectivity index (χ1) is 9.22. The Labute approximate surface area is 120 Å². The van der Waals surface area contributed by atoms with Crippen molar-refractivity contribution in [2.75, 3.05) is 19.7 Å². The maximum atomic E-state index is 5.97. The van der Waals surface area contributed by atoms with Crippen molar-refractivity contribution >= 4 is 17.2 Å². The molecule has 1 heterocycles. The van der Waals surface area contributed by atoms with Gasteiger partial charge >= 0.3 is 0 Å². The van der Waals surface area contributed by atoms with Crippen LogP contribution in [0, 0.1) is 0 Å². The van der Waals surface area contributed by atoms with E-state index < -0.39 is 0 Å². The highest BCUT2D eigenvalue weighted by Gasteiger charge is 2.24. The van der Waals surface area contributed by atoms with Gasteiger partial charge in [-0.15, -0.1) is 0 Å². The zero-order chi connectivity index (χ0) is 13.7. The van der Waals surface area contributed by atoms with Crippen LogP contribution in [0.25, 0.3) is 0 Å². The Balaban J connectivity index is 2.22. The molecule has 3 nitrogen and oxygen atoms in total. The van der Waals surface area contributed by atoms with Crippen molar-refractivity contribution in [1.82, 2.24) is 4.90 Å². The van der Waals surface area contributed by atoms with E-state index >= 15 is 0 Å². The average Bonchev–Trinajstić information content (AvgIpc) is 2.40. The molecule has 0 aliphatic carbocycles. The minimum absolute atomic E-state index is 0.0377. The van der Waals surface area contributed by atoms with Crippen LogP contribution in [0.1, 0.15) is 37.8 Å². The first kappa shape index (κ1) is 14.3. The third kappa shape index (κ3) is 3.67. The molecule has 1 aliphatic rings. The molecule has 2 rings (SSSR count). The molecule has 19 heavy (non-hydrogen) atoms. The van der Waals surface area contributed by atoms with Gasteiger partial charge in [-0.25, -0.2) is 0 Å². The van der Waals surface area contributed by atoms with Gasteiger partial charge in [0.05, 0.1) is 17.6 Å². The summed E-state index contributed by atoms with van der Waals surface area (Å²) in [5, 5.41) is 0. The van der Waals surface area contributed by atoms with E-state index in [0.717, 1.165) is 24.4 Å². The van der Waals surface area contributed by atoms with E-state index in [9.17, 15) is 0 Å². The Kier molecular flexibility index (Phi) is 5.16. The van der Waals surface area contributed by atoms with Crippen molar-refractivity contribution < 1.29 is 4.74 Å². The molecule has 1 unspecified atom stereocenters. The molecule has 0 spiro atoms. The second-order valence-electron chi connectivity index (χ2n) is 4.91. The topological polar surface area (TPSA) is 38.5 Å². The van der Waals surface area contributed by atoms with E-state index in [1.807, 2.05) is 19.1 Å². The number of rotatable bonds is 5. The summed E-state index contributed by atoms with van der Waals surface area (Å²) in [7, 11) is 0. The number of hydrogen-bond acceptors (Lipinski definition) is 3. The van der Waals surface area contributed by atoms with Gasteiger partial charge in [0.25, 0.3) is 0 Å². The lowest BCUT2D eigenvalue weighted by Crippen LogP contribution is -2.40. The summed E-state index contributed by atoms with van der Waals surface area (Å²) < 4.78 is 5.56. The molecule has 1 atom stereocenters. The fraction of sp³-hybridized carbons (Fsp3) is 0.533. The van der Waals surface area contributed by atoms with Gasteiger partial charge in [-0.3, -0.25) is 4.90 Å². The molecule has 1 saturated heterocycles. The predicted molar refractivity (Wildman–Crippen MR) is 82.6 cm³/mol. The molecule has 0 saturated carbocycles. The largest absolute Gasteiger partial charge is 0.494 e. The molecule has 0 radical (unpaired) electrons. The number of nitrogens with two attached hydrogens (primary N) is 1. The molecule has 1 aromatic rings. The maximum Gasteiger partial charge on any atom is 0.119 e. The van der Waals surface area contributed by atoms with Crippen LogP contribution in [0.2, 0.25) is 0 Å². The minimum Gasteiger partial charge on any atom is -0.494 e. The van der Waals surface area contributed by atoms with Crippen LogP contribution in [-0.4, -0.2) is 29.6 Å². The lowest BCUT2D eigenvalue weighted by atomic mass is 10.0. The van der Waals surface area contributed by atoms with E-state index in [0.29, 0.717) is 11.6 Å². The highest BCUT2D eigenvalue weighted by molar-refractivity contribution is 7.80. The van der Waals surface area contributed by atoms with Crippen molar-refractivity contribution in [1.29, 1.82) is 0 Å². The molecule has 104 valence electrons. The van der Waals surface area contributed by atoms with Crippen molar-refractivity contribution in [2.24, 2.45) is 5.73 Å². The van der Waals surface area contributed by atoms with Crippen LogP contribution in [0.4, 0.5) is 0 Å². The molecule has 1 aliphatic heterocycles. The van der Waals surface area contributed by atoms with Gasteiger partial charge in [-0.05, 0) is 50.6 Å². The molecular formula is C15H22N2OS. The summed E-state index contributed by atoms with van der Waals surface area (Å²) in [6.45, 7) is 4.80. The molecular weight excluding hydrogens is 256 g/mol. The Hall–Kier alpha value is -1.13. The van der Waals surface area contributed by atoms with Gasteiger partial charge in [-0.1, -0.05) is 30.8 Å². The number of thiocarbonyl (C=S) groups is 1. The second kappa shape index (κ2) is 6.87. The summed E-state index contributed by atoms with van der Waals surface area (Å²) >= 11 is 5.28. The SMILES string of the molecule is CCOc1cccc(C(C(N)=S)N2CCCCC2)c1. The maximum absolute atomic E-state index is 5.97. The monoisotopic (exact) mass is 278 g/mol. The zero-order valence-electron chi connectivity index (χ0n) is 11.5. The zero-order valence-corrected chi connectivity index (χ0v) is 12.3. The molecule has 0 bridgehead atoms. The van der Waals surface area contributed by atoms with E-state index in [4.69, 9.17) is 22.7 Å². The standard InChI is InChI=1S/C15H22N2OS/c1-2-18-13-8-6-7-12(11-13)14(15(16)19)17-9-4-3-5-10-17/h6-8,11,14H,2-5,9-10H2,1H3,(H2,16,19). The van der Waals surface area contributed by atoms with Crippen LogP contribution < -0.4 is 10.5 Å². The molecule has 1 fully saturated rings. The molecule has 2 N–H and O–H groups in total. The molecule has 1 aromatic carbocycles. The minimum atomic E-state index is 0.0377. The van der Waals surface area contributed by atoms with Crippen LogP contribution in [0.5, 0.6) is 5.75 Å². The normalized spacial score (nSPS) is 17.9. The highest BCUT2D eigenvalue weighted by atomic mass is 32.1. The van der Waals surface area contributed by atoms with Gasteiger partial charge in [0.2, 0.25) is 0 Å². The van der Waals surface area contributed by atoms with E-state index in [2.05, 4.69) is 17.0 Å². The van der Waals surface area contributed by atoms with Crippen molar-refractivity contribution in [3.8, 4) is 5.75 Å². The Morgan fingerprint density at radius 1 is 1.37 bits per heavy atom. The predicted octanol–water partition coefficient (Wildman–Crippen LogP) is 2.90. The van der Waals surface area contributed by atoms with E-state index in [1.54, 1.807) is 0 Å². The average molecular weight is 278 g/mol. The fourth-order valence-electron chi connectivity index (χ4n) is 2.67. The number of ether oxygens (including phenoxy) is 1. The quantitative estimate of drug-likeness (QED) is 0.841. The Morgan fingerprint density at radius 2 is 2.11 bits per heavy atom. The first-order valence-electron chi connectivity index (χ1n) is 6.98. The van der Waals surface area contributed by atoms with Crippen LogP contribution in [-0.2, 0) is 0 Å². The highest BCUT2D eigenvalue weighted by Crippen LogP contribution is 2.27. The summed E-state index contributed by atoms with van der Waals surface area (Å²) in [6, 6.07) is 8.16. The van der Waals surface area contributed by atoms with E-state index in [1.165, 1.54) is 19.3 Å². The van der Waals surface area contributed by atoms with Gasteiger partial charge in [0.1, 0.15) is 5.75 Å². The summed E-state index contributed by atoms with van der Waals surface area (Å²) in [4.78, 5) is 2.94. The third-order valence-corrected chi connectivity index (χ3v) is 3.73. The van der Waals surface area contributed by atoms with Gasteiger partial charge in [-0.2, -0.15) is 0 Å². The van der Waals surface area contributed by atoms with Crippen molar-refractivity contribution in [3.63, 3.8) is 0 Å². The van der Waals surface area contributed by atoms with Gasteiger partial charge < -0.3 is 10.5 Å². The smallest absolute Gasteiger partial charge is 0.119 e.